The Bertz CT molecular complexity index is 865. The van der Waals surface area contributed by atoms with E-state index in [9.17, 15) is 13.2 Å². The van der Waals surface area contributed by atoms with Crippen molar-refractivity contribution >= 4 is 27.3 Å². The predicted octanol–water partition coefficient (Wildman–Crippen LogP) is 2.80. The zero-order chi connectivity index (χ0) is 18.6. The van der Waals surface area contributed by atoms with Crippen LogP contribution in [0.25, 0.3) is 0 Å². The molecule has 6 nitrogen and oxygen atoms in total. The Morgan fingerprint density at radius 3 is 2.44 bits per heavy atom. The van der Waals surface area contributed by atoms with Crippen LogP contribution < -0.4 is 14.4 Å². The summed E-state index contributed by atoms with van der Waals surface area (Å²) >= 11 is 0. The van der Waals surface area contributed by atoms with E-state index in [2.05, 4.69) is 5.32 Å². The first-order valence-corrected chi connectivity index (χ1v) is 9.58. The molecule has 0 unspecified atom stereocenters. The lowest BCUT2D eigenvalue weighted by Gasteiger charge is -2.28. The van der Waals surface area contributed by atoms with E-state index in [1.165, 1.54) is 7.11 Å². The summed E-state index contributed by atoms with van der Waals surface area (Å²) in [4.78, 5) is 12.6. The highest BCUT2D eigenvalue weighted by Gasteiger charge is 2.29. The van der Waals surface area contributed by atoms with Crippen molar-refractivity contribution in [2.75, 3.05) is 23.0 Å². The number of hydrogen-bond acceptors (Lipinski definition) is 4. The van der Waals surface area contributed by atoms with Crippen LogP contribution in [0, 0.1) is 6.92 Å². The Balaban J connectivity index is 2.30. The third kappa shape index (κ3) is 4.73. The lowest BCUT2D eigenvalue weighted by Crippen LogP contribution is -2.45. The number of nitrogens with one attached hydrogen (secondary N) is 1. The maximum atomic E-state index is 12.6. The Hall–Kier alpha value is -2.54. The number of carbonyl (C=O) groups excluding carboxylic acids is 1. The fourth-order valence-electron chi connectivity index (χ4n) is 2.52. The number of nitrogens with zero attached hydrogens (tertiary/aromatic N) is 1. The second-order valence-corrected chi connectivity index (χ2v) is 7.65. The van der Waals surface area contributed by atoms with Gasteiger partial charge in [0, 0.05) is 11.8 Å². The average Bonchev–Trinajstić information content (AvgIpc) is 2.53. The lowest BCUT2D eigenvalue weighted by molar-refractivity contribution is -0.116. The van der Waals surface area contributed by atoms with Crippen LogP contribution in [0.3, 0.4) is 0 Å². The van der Waals surface area contributed by atoms with Crippen molar-refractivity contribution in [2.45, 2.75) is 19.9 Å². The first-order valence-electron chi connectivity index (χ1n) is 7.73. The minimum absolute atomic E-state index is 0.430. The molecule has 0 fully saturated rings. The zero-order valence-corrected chi connectivity index (χ0v) is 15.5. The predicted molar refractivity (Wildman–Crippen MR) is 99.6 cm³/mol. The van der Waals surface area contributed by atoms with Gasteiger partial charge < -0.3 is 10.1 Å². The van der Waals surface area contributed by atoms with Crippen molar-refractivity contribution in [3.05, 3.63) is 54.1 Å². The fourth-order valence-corrected chi connectivity index (χ4v) is 3.69. The third-order valence-electron chi connectivity index (χ3n) is 3.68. The van der Waals surface area contributed by atoms with Crippen molar-refractivity contribution in [2.24, 2.45) is 0 Å². The average molecular weight is 362 g/mol. The molecule has 0 saturated heterocycles. The summed E-state index contributed by atoms with van der Waals surface area (Å²) in [5, 5.41) is 2.73. The highest BCUT2D eigenvalue weighted by Crippen LogP contribution is 2.23. The quantitative estimate of drug-likeness (QED) is 0.857. The number of hydrogen-bond donors (Lipinski definition) is 1. The molecular formula is C18H22N2O4S. The Kier molecular flexibility index (Phi) is 5.69. The van der Waals surface area contributed by atoms with Gasteiger partial charge in [-0.2, -0.15) is 0 Å². The van der Waals surface area contributed by atoms with Gasteiger partial charge in [0.15, 0.2) is 0 Å². The smallest absolute Gasteiger partial charge is 0.247 e. The van der Waals surface area contributed by atoms with Crippen LogP contribution in [-0.4, -0.2) is 33.7 Å². The summed E-state index contributed by atoms with van der Waals surface area (Å²) in [5.74, 6) is 0.171. The van der Waals surface area contributed by atoms with Gasteiger partial charge >= 0.3 is 0 Å². The number of benzene rings is 2. The van der Waals surface area contributed by atoms with Crippen molar-refractivity contribution in [3.63, 3.8) is 0 Å². The molecule has 2 aromatic carbocycles. The van der Waals surface area contributed by atoms with E-state index in [0.717, 1.165) is 16.1 Å². The molecule has 0 saturated carbocycles. The van der Waals surface area contributed by atoms with E-state index in [4.69, 9.17) is 4.74 Å². The van der Waals surface area contributed by atoms with Crippen LogP contribution in [-0.2, 0) is 14.8 Å². The van der Waals surface area contributed by atoms with Gasteiger partial charge in [-0.1, -0.05) is 18.2 Å². The standard InChI is InChI=1S/C18H22N2O4S/c1-13-7-5-9-16(11-13)20(25(4,22)23)14(2)18(21)19-15-8-6-10-17(12-15)24-3/h5-12,14H,1-4H3,(H,19,21)/t14-/m0/s1. The van der Waals surface area contributed by atoms with Gasteiger partial charge in [0.1, 0.15) is 11.8 Å². The number of carbonyl (C=O) groups is 1. The molecule has 0 spiro atoms. The summed E-state index contributed by atoms with van der Waals surface area (Å²) in [6.07, 6.45) is 1.09. The fraction of sp³-hybridized carbons (Fsp3) is 0.278. The van der Waals surface area contributed by atoms with Crippen molar-refractivity contribution in [3.8, 4) is 5.75 Å². The van der Waals surface area contributed by atoms with Crippen molar-refractivity contribution in [1.29, 1.82) is 0 Å². The van der Waals surface area contributed by atoms with Crippen LogP contribution >= 0.6 is 0 Å². The van der Waals surface area contributed by atoms with Gasteiger partial charge in [0.2, 0.25) is 15.9 Å². The first kappa shape index (κ1) is 18.8. The SMILES string of the molecule is COc1cccc(NC(=O)[C@H](C)N(c2cccc(C)c2)S(C)(=O)=O)c1. The molecule has 0 bridgehead atoms. The molecule has 0 aliphatic carbocycles. The van der Waals surface area contributed by atoms with Crippen molar-refractivity contribution < 1.29 is 17.9 Å². The second-order valence-electron chi connectivity index (χ2n) is 5.79. The molecule has 1 atom stereocenters. The highest BCUT2D eigenvalue weighted by atomic mass is 32.2. The molecule has 0 aliphatic heterocycles. The number of sulfonamides is 1. The van der Waals surface area contributed by atoms with Gasteiger partial charge in [-0.25, -0.2) is 8.42 Å². The van der Waals surface area contributed by atoms with Gasteiger partial charge in [-0.15, -0.1) is 0 Å². The van der Waals surface area contributed by atoms with Crippen LogP contribution in [0.2, 0.25) is 0 Å². The van der Waals surface area contributed by atoms with E-state index in [-0.39, 0.29) is 0 Å². The van der Waals surface area contributed by atoms with Gasteiger partial charge in [0.05, 0.1) is 19.1 Å². The van der Waals surface area contributed by atoms with Crippen LogP contribution in [0.4, 0.5) is 11.4 Å². The Morgan fingerprint density at radius 2 is 1.84 bits per heavy atom. The molecule has 7 heteroatoms. The third-order valence-corrected chi connectivity index (χ3v) is 4.92. The number of rotatable bonds is 6. The molecule has 1 amide bonds. The lowest BCUT2D eigenvalue weighted by atomic mass is 10.2. The van der Waals surface area contributed by atoms with E-state index >= 15 is 0 Å². The minimum Gasteiger partial charge on any atom is -0.497 e. The topological polar surface area (TPSA) is 75.7 Å². The van der Waals surface area contributed by atoms with Crippen molar-refractivity contribution in [1.82, 2.24) is 0 Å². The van der Waals surface area contributed by atoms with Gasteiger partial charge in [0.25, 0.3) is 0 Å². The van der Waals surface area contributed by atoms with Crippen LogP contribution in [0.15, 0.2) is 48.5 Å². The molecule has 0 aliphatic rings. The van der Waals surface area contributed by atoms with Gasteiger partial charge in [-0.3, -0.25) is 9.10 Å². The molecule has 1 N–H and O–H groups in total. The van der Waals surface area contributed by atoms with Gasteiger partial charge in [-0.05, 0) is 43.7 Å². The van der Waals surface area contributed by atoms with E-state index in [0.29, 0.717) is 17.1 Å². The van der Waals surface area contributed by atoms with E-state index in [1.54, 1.807) is 49.4 Å². The second kappa shape index (κ2) is 7.57. The largest absolute Gasteiger partial charge is 0.497 e. The number of aryl methyl sites for hydroxylation is 1. The summed E-state index contributed by atoms with van der Waals surface area (Å²) in [6.45, 7) is 3.42. The molecule has 25 heavy (non-hydrogen) atoms. The summed E-state index contributed by atoms with van der Waals surface area (Å²) in [6, 6.07) is 13.0. The molecular weight excluding hydrogens is 340 g/mol. The number of anilines is 2. The summed E-state index contributed by atoms with van der Waals surface area (Å²) in [7, 11) is -2.10. The number of amides is 1. The summed E-state index contributed by atoms with van der Waals surface area (Å²) in [5.41, 5.74) is 1.90. The minimum atomic E-state index is -3.64. The maximum Gasteiger partial charge on any atom is 0.247 e. The molecule has 0 radical (unpaired) electrons. The molecule has 134 valence electrons. The Labute approximate surface area is 148 Å². The zero-order valence-electron chi connectivity index (χ0n) is 14.7. The van der Waals surface area contributed by atoms with E-state index < -0.39 is 22.0 Å². The first-order chi connectivity index (χ1) is 11.7. The normalized spacial score (nSPS) is 12.3. The van der Waals surface area contributed by atoms with E-state index in [1.807, 2.05) is 13.0 Å². The Morgan fingerprint density at radius 1 is 1.16 bits per heavy atom. The summed E-state index contributed by atoms with van der Waals surface area (Å²) < 4.78 is 30.8. The number of methoxy groups -OCH3 is 1. The molecule has 2 rings (SSSR count). The molecule has 0 aromatic heterocycles. The number of ether oxygens (including phenoxy) is 1. The molecule has 2 aromatic rings. The molecule has 0 heterocycles. The van der Waals surface area contributed by atoms with Crippen LogP contribution in [0.1, 0.15) is 12.5 Å². The highest BCUT2D eigenvalue weighted by molar-refractivity contribution is 7.92. The maximum absolute atomic E-state index is 12.6. The monoisotopic (exact) mass is 362 g/mol. The van der Waals surface area contributed by atoms with Crippen LogP contribution in [0.5, 0.6) is 5.75 Å².